The van der Waals surface area contributed by atoms with Gasteiger partial charge in [-0.15, -0.1) is 0 Å². The maximum atomic E-state index is 12.2. The summed E-state index contributed by atoms with van der Waals surface area (Å²) in [5.41, 5.74) is 0.832. The molecule has 1 fully saturated rings. The zero-order valence-electron chi connectivity index (χ0n) is 17.0. The van der Waals surface area contributed by atoms with Crippen molar-refractivity contribution < 1.29 is 17.6 Å². The van der Waals surface area contributed by atoms with E-state index in [4.69, 9.17) is 9.15 Å². The Morgan fingerprint density at radius 3 is 2.86 bits per heavy atom. The first-order chi connectivity index (χ1) is 14.0. The van der Waals surface area contributed by atoms with Crippen molar-refractivity contribution in [3.8, 4) is 0 Å². The molecule has 8 nitrogen and oxygen atoms in total. The molecule has 2 aromatic rings. The summed E-state index contributed by atoms with van der Waals surface area (Å²) in [6, 6.07) is 9.69. The van der Waals surface area contributed by atoms with E-state index in [2.05, 4.69) is 20.3 Å². The quantitative estimate of drug-likeness (QED) is 0.445. The monoisotopic (exact) mass is 422 g/mol. The number of sulfonamides is 1. The molecule has 29 heavy (non-hydrogen) atoms. The molecule has 0 spiro atoms. The van der Waals surface area contributed by atoms with Crippen LogP contribution in [0.5, 0.6) is 0 Å². The van der Waals surface area contributed by atoms with Gasteiger partial charge in [-0.1, -0.05) is 18.2 Å². The molecule has 2 unspecified atom stereocenters. The van der Waals surface area contributed by atoms with Crippen LogP contribution in [-0.4, -0.2) is 53.0 Å². The third-order valence-electron chi connectivity index (χ3n) is 4.92. The summed E-state index contributed by atoms with van der Waals surface area (Å²) in [6.45, 7) is 3.25. The predicted octanol–water partition coefficient (Wildman–Crippen LogP) is 2.15. The number of fused-ring (bicyclic) bond motifs is 1. The van der Waals surface area contributed by atoms with Crippen LogP contribution in [0.2, 0.25) is 0 Å². The molecule has 2 heterocycles. The molecule has 1 aromatic carbocycles. The number of guanidine groups is 1. The van der Waals surface area contributed by atoms with Gasteiger partial charge in [-0.2, -0.15) is 0 Å². The minimum atomic E-state index is -3.38. The van der Waals surface area contributed by atoms with Gasteiger partial charge in [0, 0.05) is 32.1 Å². The Balaban J connectivity index is 1.44. The van der Waals surface area contributed by atoms with E-state index in [1.54, 1.807) is 7.05 Å². The number of ether oxygens (including phenoxy) is 1. The largest absolute Gasteiger partial charge is 0.459 e. The highest BCUT2D eigenvalue weighted by atomic mass is 32.2. The van der Waals surface area contributed by atoms with E-state index < -0.39 is 10.0 Å². The van der Waals surface area contributed by atoms with E-state index in [1.807, 2.05) is 37.3 Å². The Morgan fingerprint density at radius 2 is 2.14 bits per heavy atom. The van der Waals surface area contributed by atoms with Gasteiger partial charge in [0.2, 0.25) is 10.0 Å². The van der Waals surface area contributed by atoms with E-state index in [1.165, 1.54) is 0 Å². The number of nitrogens with one attached hydrogen (secondary N) is 3. The van der Waals surface area contributed by atoms with Crippen molar-refractivity contribution in [2.75, 3.05) is 32.5 Å². The molecular weight excluding hydrogens is 392 g/mol. The Bertz CT molecular complexity index is 886. The lowest BCUT2D eigenvalue weighted by Crippen LogP contribution is -2.43. The Labute approximate surface area is 172 Å². The summed E-state index contributed by atoms with van der Waals surface area (Å²) >= 11 is 0. The maximum absolute atomic E-state index is 12.2. The molecule has 9 heteroatoms. The van der Waals surface area contributed by atoms with Crippen molar-refractivity contribution in [3.63, 3.8) is 0 Å². The summed E-state index contributed by atoms with van der Waals surface area (Å²) in [5.74, 6) is 1.26. The molecule has 1 aliphatic heterocycles. The fourth-order valence-electron chi connectivity index (χ4n) is 3.25. The molecule has 0 bridgehead atoms. The van der Waals surface area contributed by atoms with Crippen molar-refractivity contribution in [1.82, 2.24) is 15.4 Å². The van der Waals surface area contributed by atoms with E-state index >= 15 is 0 Å². The van der Waals surface area contributed by atoms with Gasteiger partial charge in [-0.05, 0) is 38.3 Å². The molecule has 0 aliphatic carbocycles. The fraction of sp³-hybridized carbons (Fsp3) is 0.550. The van der Waals surface area contributed by atoms with Crippen LogP contribution in [0.3, 0.4) is 0 Å². The maximum Gasteiger partial charge on any atom is 0.213 e. The first kappa shape index (κ1) is 21.6. The summed E-state index contributed by atoms with van der Waals surface area (Å²) in [4.78, 5) is 4.16. The molecule has 1 aromatic heterocycles. The molecule has 160 valence electrons. The highest BCUT2D eigenvalue weighted by Crippen LogP contribution is 2.23. The number of rotatable bonds is 8. The number of aliphatic imine (C=N–C) groups is 1. The number of hydrogen-bond acceptors (Lipinski definition) is 5. The van der Waals surface area contributed by atoms with Gasteiger partial charge in [0.05, 0.1) is 17.9 Å². The van der Waals surface area contributed by atoms with E-state index in [0.717, 1.165) is 36.0 Å². The lowest BCUT2D eigenvalue weighted by atomic mass is 10.1. The first-order valence-corrected chi connectivity index (χ1v) is 11.7. The van der Waals surface area contributed by atoms with Gasteiger partial charge in [0.25, 0.3) is 0 Å². The third-order valence-corrected chi connectivity index (χ3v) is 6.26. The average molecular weight is 423 g/mol. The molecule has 1 aliphatic rings. The SMILES string of the molecule is CN=C(NCCS(=O)(=O)NCC1CCCCO1)NC(C)c1cc2ccccc2o1. The third kappa shape index (κ3) is 6.45. The van der Waals surface area contributed by atoms with Crippen LogP contribution in [0.15, 0.2) is 39.7 Å². The molecule has 0 radical (unpaired) electrons. The minimum absolute atomic E-state index is 0.0226. The Kier molecular flexibility index (Phi) is 7.51. The average Bonchev–Trinajstić information content (AvgIpc) is 3.17. The Morgan fingerprint density at radius 1 is 1.31 bits per heavy atom. The van der Waals surface area contributed by atoms with Crippen LogP contribution >= 0.6 is 0 Å². The van der Waals surface area contributed by atoms with Crippen LogP contribution in [0.1, 0.15) is 38.0 Å². The predicted molar refractivity (Wildman–Crippen MR) is 115 cm³/mol. The lowest BCUT2D eigenvalue weighted by molar-refractivity contribution is 0.0200. The van der Waals surface area contributed by atoms with Crippen molar-refractivity contribution >= 4 is 27.0 Å². The lowest BCUT2D eigenvalue weighted by Gasteiger charge is -2.22. The van der Waals surface area contributed by atoms with Gasteiger partial charge < -0.3 is 19.8 Å². The number of hydrogen-bond donors (Lipinski definition) is 3. The van der Waals surface area contributed by atoms with Gasteiger partial charge in [0.1, 0.15) is 11.3 Å². The van der Waals surface area contributed by atoms with Crippen LogP contribution in [-0.2, 0) is 14.8 Å². The summed E-state index contributed by atoms with van der Waals surface area (Å²) in [6.07, 6.45) is 3.01. The van der Waals surface area contributed by atoms with Crippen molar-refractivity contribution in [3.05, 3.63) is 36.1 Å². The zero-order chi connectivity index (χ0) is 20.7. The minimum Gasteiger partial charge on any atom is -0.459 e. The fourth-order valence-corrected chi connectivity index (χ4v) is 4.21. The molecule has 0 amide bonds. The number of para-hydroxylation sites is 1. The Hall–Kier alpha value is -2.10. The topological polar surface area (TPSA) is 105 Å². The summed E-state index contributed by atoms with van der Waals surface area (Å²) < 4.78 is 38.5. The highest BCUT2D eigenvalue weighted by Gasteiger charge is 2.18. The molecule has 2 atom stereocenters. The summed E-state index contributed by atoms with van der Waals surface area (Å²) in [7, 11) is -1.73. The molecule has 1 saturated heterocycles. The second kappa shape index (κ2) is 10.1. The molecule has 0 saturated carbocycles. The highest BCUT2D eigenvalue weighted by molar-refractivity contribution is 7.89. The number of benzene rings is 1. The van der Waals surface area contributed by atoms with Gasteiger partial charge in [0.15, 0.2) is 5.96 Å². The van der Waals surface area contributed by atoms with Crippen LogP contribution < -0.4 is 15.4 Å². The van der Waals surface area contributed by atoms with Gasteiger partial charge >= 0.3 is 0 Å². The molecule has 3 rings (SSSR count). The molecule has 3 N–H and O–H groups in total. The van der Waals surface area contributed by atoms with E-state index in [-0.39, 0.29) is 24.4 Å². The van der Waals surface area contributed by atoms with Crippen molar-refractivity contribution in [1.29, 1.82) is 0 Å². The van der Waals surface area contributed by atoms with Crippen LogP contribution in [0.25, 0.3) is 11.0 Å². The van der Waals surface area contributed by atoms with E-state index in [0.29, 0.717) is 19.1 Å². The second-order valence-corrected chi connectivity index (χ2v) is 9.13. The van der Waals surface area contributed by atoms with Crippen LogP contribution in [0, 0.1) is 0 Å². The standard InChI is InChI=1S/C20H30N4O4S/c1-15(19-13-16-7-3-4-9-18(16)28-19)24-20(21-2)22-10-12-29(25,26)23-14-17-8-5-6-11-27-17/h3-4,7,9,13,15,17,23H,5-6,8,10-12,14H2,1-2H3,(H2,21,22,24). The van der Waals surface area contributed by atoms with Crippen molar-refractivity contribution in [2.45, 2.75) is 38.3 Å². The van der Waals surface area contributed by atoms with Gasteiger partial charge in [-0.3, -0.25) is 4.99 Å². The normalized spacial score (nSPS) is 19.2. The molecular formula is C20H30N4O4S. The van der Waals surface area contributed by atoms with E-state index in [9.17, 15) is 8.42 Å². The smallest absolute Gasteiger partial charge is 0.213 e. The zero-order valence-corrected chi connectivity index (χ0v) is 17.8. The van der Waals surface area contributed by atoms with Gasteiger partial charge in [-0.25, -0.2) is 13.1 Å². The first-order valence-electron chi connectivity index (χ1n) is 10.0. The number of furan rings is 1. The number of nitrogens with zero attached hydrogens (tertiary/aromatic N) is 1. The van der Waals surface area contributed by atoms with Crippen molar-refractivity contribution in [2.24, 2.45) is 4.99 Å². The summed E-state index contributed by atoms with van der Waals surface area (Å²) in [5, 5.41) is 7.31. The second-order valence-electron chi connectivity index (χ2n) is 7.21. The van der Waals surface area contributed by atoms with Crippen LogP contribution in [0.4, 0.5) is 0 Å².